The molecule has 0 spiro atoms. The smallest absolute Gasteiger partial charge is 0.197 e. The summed E-state index contributed by atoms with van der Waals surface area (Å²) in [4.78, 5) is 0. The minimum absolute atomic E-state index is 0.140. The Bertz CT molecular complexity index is 327. The predicted octanol–water partition coefficient (Wildman–Crippen LogP) is 4.19. The van der Waals surface area contributed by atoms with Gasteiger partial charge in [0.15, 0.2) is 0 Å². The van der Waals surface area contributed by atoms with E-state index in [0.717, 1.165) is 24.5 Å². The molecule has 84 valence electrons. The second-order valence-electron chi connectivity index (χ2n) is 5.26. The minimum atomic E-state index is -2.73. The van der Waals surface area contributed by atoms with E-state index in [4.69, 9.17) is 0 Å². The van der Waals surface area contributed by atoms with E-state index in [0.29, 0.717) is 11.8 Å². The van der Waals surface area contributed by atoms with Gasteiger partial charge in [0.1, 0.15) is 0 Å². The van der Waals surface area contributed by atoms with Gasteiger partial charge in [-0.2, -0.15) is 8.78 Å². The lowest BCUT2D eigenvalue weighted by molar-refractivity contribution is 0.0917. The Morgan fingerprint density at radius 2 is 1.93 bits per heavy atom. The first-order valence-electron chi connectivity index (χ1n) is 5.65. The van der Waals surface area contributed by atoms with Crippen molar-refractivity contribution in [3.8, 4) is 0 Å². The molecule has 0 radical (unpaired) electrons. The summed E-state index contributed by atoms with van der Waals surface area (Å²) in [5.41, 5.74) is 0.792. The van der Waals surface area contributed by atoms with Gasteiger partial charge in [-0.3, -0.25) is 0 Å². The van der Waals surface area contributed by atoms with Gasteiger partial charge in [0.2, 0.25) is 0 Å². The van der Waals surface area contributed by atoms with Crippen LogP contribution in [0.2, 0.25) is 0 Å². The number of hydrogen-bond acceptors (Lipinski definition) is 0. The van der Waals surface area contributed by atoms with Crippen LogP contribution in [0.5, 0.6) is 0 Å². The molecule has 0 aromatic heterocycles. The fourth-order valence-corrected chi connectivity index (χ4v) is 2.84. The van der Waals surface area contributed by atoms with E-state index >= 15 is 0 Å². The van der Waals surface area contributed by atoms with Gasteiger partial charge >= 0.3 is 0 Å². The van der Waals surface area contributed by atoms with Gasteiger partial charge in [-0.15, -0.1) is 0 Å². The molecule has 0 heterocycles. The van der Waals surface area contributed by atoms with Gasteiger partial charge in [0, 0.05) is 5.41 Å². The molecule has 1 saturated carbocycles. The average molecular weight is 212 g/mol. The molecule has 0 aliphatic heterocycles. The van der Waals surface area contributed by atoms with Crippen molar-refractivity contribution < 1.29 is 8.78 Å². The summed E-state index contributed by atoms with van der Waals surface area (Å²) in [5, 5.41) is 0. The highest BCUT2D eigenvalue weighted by Crippen LogP contribution is 2.51. The fraction of sp³-hybridized carbons (Fsp3) is 0.692. The number of rotatable bonds is 0. The summed E-state index contributed by atoms with van der Waals surface area (Å²) >= 11 is 0. The Morgan fingerprint density at radius 3 is 2.60 bits per heavy atom. The molecular weight excluding hydrogens is 194 g/mol. The van der Waals surface area contributed by atoms with Gasteiger partial charge in [0.25, 0.3) is 5.92 Å². The van der Waals surface area contributed by atoms with Crippen molar-refractivity contribution in [3.63, 3.8) is 0 Å². The standard InChI is InChI=1S/C13H18F2/c1-9-4-5-11-8-13(14,15)7-6-12(11,3)10(9)2/h6-10H,4-5H2,1-3H3. The number of alkyl halides is 2. The number of hydrogen-bond donors (Lipinski definition) is 0. The van der Waals surface area contributed by atoms with Crippen LogP contribution in [0.4, 0.5) is 8.78 Å². The largest absolute Gasteiger partial charge is 0.285 e. The maximum atomic E-state index is 13.2. The van der Waals surface area contributed by atoms with Crippen molar-refractivity contribution in [1.29, 1.82) is 0 Å². The zero-order chi connectivity index (χ0) is 11.3. The molecule has 3 unspecified atom stereocenters. The highest BCUT2D eigenvalue weighted by molar-refractivity contribution is 5.34. The van der Waals surface area contributed by atoms with Crippen LogP contribution < -0.4 is 0 Å². The Hall–Kier alpha value is -0.660. The van der Waals surface area contributed by atoms with Crippen LogP contribution in [-0.2, 0) is 0 Å². The Balaban J connectivity index is 2.38. The molecule has 1 fully saturated rings. The summed E-state index contributed by atoms with van der Waals surface area (Å²) < 4.78 is 26.4. The zero-order valence-corrected chi connectivity index (χ0v) is 9.56. The van der Waals surface area contributed by atoms with Crippen LogP contribution in [0.25, 0.3) is 0 Å². The van der Waals surface area contributed by atoms with E-state index in [9.17, 15) is 8.78 Å². The van der Waals surface area contributed by atoms with Crippen molar-refractivity contribution in [3.05, 3.63) is 23.8 Å². The summed E-state index contributed by atoms with van der Waals surface area (Å²) in [7, 11) is 0. The van der Waals surface area contributed by atoms with Crippen LogP contribution in [0.3, 0.4) is 0 Å². The first-order chi connectivity index (χ1) is 6.85. The van der Waals surface area contributed by atoms with Gasteiger partial charge in [-0.25, -0.2) is 0 Å². The maximum absolute atomic E-state index is 13.2. The minimum Gasteiger partial charge on any atom is -0.197 e. The quantitative estimate of drug-likeness (QED) is 0.528. The monoisotopic (exact) mass is 212 g/mol. The Kier molecular flexibility index (Phi) is 2.29. The van der Waals surface area contributed by atoms with E-state index in [-0.39, 0.29) is 5.41 Å². The number of fused-ring (bicyclic) bond motifs is 1. The van der Waals surface area contributed by atoms with E-state index < -0.39 is 5.92 Å². The first-order valence-corrected chi connectivity index (χ1v) is 5.65. The molecule has 0 aromatic carbocycles. The lowest BCUT2D eigenvalue weighted by Gasteiger charge is -2.46. The zero-order valence-electron chi connectivity index (χ0n) is 9.56. The van der Waals surface area contributed by atoms with E-state index in [1.165, 1.54) is 6.08 Å². The second kappa shape index (κ2) is 3.16. The highest BCUT2D eigenvalue weighted by atomic mass is 19.3. The SMILES string of the molecule is CC1CCC2=CC(F)(F)C=CC2(C)C1C. The molecule has 2 aliphatic rings. The summed E-state index contributed by atoms with van der Waals surface area (Å²) in [6.07, 6.45) is 5.82. The van der Waals surface area contributed by atoms with Crippen LogP contribution in [-0.4, -0.2) is 5.92 Å². The van der Waals surface area contributed by atoms with Crippen LogP contribution in [0, 0.1) is 17.3 Å². The van der Waals surface area contributed by atoms with Crippen LogP contribution in [0.15, 0.2) is 23.8 Å². The molecule has 2 heteroatoms. The van der Waals surface area contributed by atoms with Gasteiger partial charge < -0.3 is 0 Å². The molecule has 0 saturated heterocycles. The third kappa shape index (κ3) is 1.64. The molecule has 2 rings (SSSR count). The predicted molar refractivity (Wildman–Crippen MR) is 57.8 cm³/mol. The first kappa shape index (κ1) is 10.8. The molecule has 0 amide bonds. The number of allylic oxidation sites excluding steroid dienone is 4. The van der Waals surface area contributed by atoms with Crippen LogP contribution in [0.1, 0.15) is 33.6 Å². The van der Waals surface area contributed by atoms with Crippen molar-refractivity contribution in [2.45, 2.75) is 39.5 Å². The summed E-state index contributed by atoms with van der Waals surface area (Å²) in [6.45, 7) is 6.48. The van der Waals surface area contributed by atoms with Crippen molar-refractivity contribution >= 4 is 0 Å². The molecule has 0 nitrogen and oxygen atoms in total. The highest BCUT2D eigenvalue weighted by Gasteiger charge is 2.43. The fourth-order valence-electron chi connectivity index (χ4n) is 2.84. The topological polar surface area (TPSA) is 0 Å². The normalized spacial score (nSPS) is 43.4. The van der Waals surface area contributed by atoms with Gasteiger partial charge in [-0.1, -0.05) is 32.4 Å². The molecule has 0 bridgehead atoms. The lowest BCUT2D eigenvalue weighted by atomic mass is 9.59. The molecule has 0 N–H and O–H groups in total. The molecule has 0 aromatic rings. The second-order valence-corrected chi connectivity index (χ2v) is 5.26. The molecule has 3 atom stereocenters. The van der Waals surface area contributed by atoms with E-state index in [1.54, 1.807) is 6.08 Å². The van der Waals surface area contributed by atoms with E-state index in [2.05, 4.69) is 20.8 Å². The Labute approximate surface area is 90.1 Å². The molecular formula is C13H18F2. The lowest BCUT2D eigenvalue weighted by Crippen LogP contribution is -2.38. The van der Waals surface area contributed by atoms with Crippen molar-refractivity contribution in [2.75, 3.05) is 0 Å². The third-order valence-electron chi connectivity index (χ3n) is 4.38. The molecule has 15 heavy (non-hydrogen) atoms. The van der Waals surface area contributed by atoms with Gasteiger partial charge in [-0.05, 0) is 36.8 Å². The maximum Gasteiger partial charge on any atom is 0.285 e. The number of halogens is 2. The van der Waals surface area contributed by atoms with Crippen LogP contribution >= 0.6 is 0 Å². The van der Waals surface area contributed by atoms with Crippen molar-refractivity contribution in [1.82, 2.24) is 0 Å². The van der Waals surface area contributed by atoms with Crippen molar-refractivity contribution in [2.24, 2.45) is 17.3 Å². The van der Waals surface area contributed by atoms with E-state index in [1.807, 2.05) is 0 Å². The third-order valence-corrected chi connectivity index (χ3v) is 4.38. The Morgan fingerprint density at radius 1 is 1.27 bits per heavy atom. The molecule has 2 aliphatic carbocycles. The summed E-state index contributed by atoms with van der Waals surface area (Å²) in [6, 6.07) is 0. The summed E-state index contributed by atoms with van der Waals surface area (Å²) in [5.74, 6) is -1.66. The average Bonchev–Trinajstić information content (AvgIpc) is 2.16. The van der Waals surface area contributed by atoms with Gasteiger partial charge in [0.05, 0.1) is 0 Å².